The highest BCUT2D eigenvalue weighted by atomic mass is 35.5. The van der Waals surface area contributed by atoms with Gasteiger partial charge in [-0.2, -0.15) is 0 Å². The van der Waals surface area contributed by atoms with E-state index in [2.05, 4.69) is 28.5 Å². The van der Waals surface area contributed by atoms with Gasteiger partial charge in [-0.25, -0.2) is 8.42 Å². The lowest BCUT2D eigenvalue weighted by molar-refractivity contribution is 0.308. The van der Waals surface area contributed by atoms with Crippen molar-refractivity contribution in [2.45, 2.75) is 25.2 Å². The van der Waals surface area contributed by atoms with Crippen LogP contribution in [0.25, 0.3) is 10.9 Å². The number of hydrogen-bond donors (Lipinski definition) is 2. The molecule has 3 aromatic rings. The number of aromatic nitrogens is 1. The number of likely N-dealkylation sites (N-methyl/N-ethyl adjacent to an activating group) is 1. The molecule has 2 aromatic carbocycles. The Hall–Kier alpha value is -1.73. The number of aromatic amines is 1. The van der Waals surface area contributed by atoms with Gasteiger partial charge < -0.3 is 9.88 Å². The summed E-state index contributed by atoms with van der Waals surface area (Å²) in [6, 6.07) is 9.72. The fourth-order valence-electron chi connectivity index (χ4n) is 3.17. The molecule has 0 amide bonds. The number of hydrogen-bond acceptors (Lipinski definition) is 3. The van der Waals surface area contributed by atoms with Crippen molar-refractivity contribution >= 4 is 49.8 Å². The second-order valence-corrected chi connectivity index (χ2v) is 9.12. The van der Waals surface area contributed by atoms with E-state index in [0.717, 1.165) is 37.0 Å². The number of halogens is 2. The Morgan fingerprint density at radius 2 is 1.71 bits per heavy atom. The van der Waals surface area contributed by atoms with Crippen molar-refractivity contribution in [2.24, 2.45) is 0 Å². The smallest absolute Gasteiger partial charge is 0.261 e. The van der Waals surface area contributed by atoms with Crippen LogP contribution >= 0.6 is 23.2 Å². The Labute approximate surface area is 175 Å². The Morgan fingerprint density at radius 1 is 1.04 bits per heavy atom. The second-order valence-electron chi connectivity index (χ2n) is 6.56. The molecule has 5 nitrogen and oxygen atoms in total. The molecule has 0 unspecified atom stereocenters. The first-order chi connectivity index (χ1) is 13.3. The molecule has 150 valence electrons. The zero-order valence-corrected chi connectivity index (χ0v) is 18.1. The maximum atomic E-state index is 12.6. The molecule has 0 aliphatic rings. The van der Waals surface area contributed by atoms with Gasteiger partial charge >= 0.3 is 0 Å². The van der Waals surface area contributed by atoms with Crippen molar-refractivity contribution in [3.63, 3.8) is 0 Å². The lowest BCUT2D eigenvalue weighted by atomic mass is 10.1. The van der Waals surface area contributed by atoms with E-state index >= 15 is 0 Å². The molecule has 1 heterocycles. The van der Waals surface area contributed by atoms with Crippen LogP contribution in [0, 0.1) is 0 Å². The molecule has 0 aliphatic heterocycles. The van der Waals surface area contributed by atoms with E-state index in [1.54, 1.807) is 12.1 Å². The van der Waals surface area contributed by atoms with Gasteiger partial charge in [-0.05, 0) is 55.4 Å². The minimum absolute atomic E-state index is 0.0245. The van der Waals surface area contributed by atoms with Crippen molar-refractivity contribution in [1.82, 2.24) is 9.88 Å². The van der Waals surface area contributed by atoms with Crippen molar-refractivity contribution in [3.05, 3.63) is 58.2 Å². The van der Waals surface area contributed by atoms with Gasteiger partial charge in [0.2, 0.25) is 0 Å². The van der Waals surface area contributed by atoms with Gasteiger partial charge in [0.1, 0.15) is 0 Å². The number of fused-ring (bicyclic) bond motifs is 1. The summed E-state index contributed by atoms with van der Waals surface area (Å²) in [5.74, 6) is 0. The van der Waals surface area contributed by atoms with E-state index in [9.17, 15) is 8.42 Å². The van der Waals surface area contributed by atoms with Gasteiger partial charge in [-0.1, -0.05) is 43.1 Å². The van der Waals surface area contributed by atoms with Gasteiger partial charge in [0.25, 0.3) is 10.0 Å². The fourth-order valence-corrected chi connectivity index (χ4v) is 4.95. The minimum Gasteiger partial charge on any atom is -0.361 e. The topological polar surface area (TPSA) is 65.2 Å². The fraction of sp³-hybridized carbons (Fsp3) is 0.300. The number of nitrogens with one attached hydrogen (secondary N) is 2. The summed E-state index contributed by atoms with van der Waals surface area (Å²) in [6.07, 6.45) is 2.93. The zero-order chi connectivity index (χ0) is 20.3. The van der Waals surface area contributed by atoms with Crippen molar-refractivity contribution in [3.8, 4) is 0 Å². The molecule has 2 N–H and O–H groups in total. The van der Waals surface area contributed by atoms with E-state index in [4.69, 9.17) is 23.2 Å². The molecule has 0 saturated heterocycles. The van der Waals surface area contributed by atoms with Crippen molar-refractivity contribution < 1.29 is 8.42 Å². The molecule has 3 rings (SSSR count). The van der Waals surface area contributed by atoms with Gasteiger partial charge in [-0.3, -0.25) is 4.72 Å². The second kappa shape index (κ2) is 8.74. The zero-order valence-electron chi connectivity index (χ0n) is 15.8. The van der Waals surface area contributed by atoms with Gasteiger partial charge in [0.15, 0.2) is 0 Å². The Bertz CT molecular complexity index is 1060. The third-order valence-electron chi connectivity index (χ3n) is 4.76. The maximum absolute atomic E-state index is 12.6. The van der Waals surface area contributed by atoms with Crippen LogP contribution in [0.2, 0.25) is 10.0 Å². The standard InChI is InChI=1S/C20H23Cl2N3O2S/c1-3-25(4-2)8-7-14-13-23-20-12-17(5-6-19(14)20)24-28(26,27)18-10-15(21)9-16(22)11-18/h5-6,9-13,23-24H,3-4,7-8H2,1-2H3. The molecule has 0 aliphatic carbocycles. The first-order valence-corrected chi connectivity index (χ1v) is 11.4. The third-order valence-corrected chi connectivity index (χ3v) is 6.55. The highest BCUT2D eigenvalue weighted by Crippen LogP contribution is 2.27. The number of H-pyrrole nitrogens is 1. The molecule has 1 aromatic heterocycles. The molecule has 0 radical (unpaired) electrons. The van der Waals surface area contributed by atoms with E-state index < -0.39 is 10.0 Å². The quantitative estimate of drug-likeness (QED) is 0.509. The Kier molecular flexibility index (Phi) is 6.55. The lowest BCUT2D eigenvalue weighted by Crippen LogP contribution is -2.25. The number of nitrogens with zero attached hydrogens (tertiary/aromatic N) is 1. The molecular formula is C20H23Cl2N3O2S. The molecule has 0 fully saturated rings. The Balaban J connectivity index is 1.81. The van der Waals surface area contributed by atoms with Crippen molar-refractivity contribution in [1.29, 1.82) is 0 Å². The lowest BCUT2D eigenvalue weighted by Gasteiger charge is -2.17. The summed E-state index contributed by atoms with van der Waals surface area (Å²) in [5.41, 5.74) is 2.58. The highest BCUT2D eigenvalue weighted by molar-refractivity contribution is 7.92. The van der Waals surface area contributed by atoms with Crippen LogP contribution in [-0.4, -0.2) is 37.9 Å². The first kappa shape index (κ1) is 21.0. The van der Waals surface area contributed by atoms with Crippen LogP contribution in [0.5, 0.6) is 0 Å². The van der Waals surface area contributed by atoms with Gasteiger partial charge in [0, 0.05) is 33.7 Å². The summed E-state index contributed by atoms with van der Waals surface area (Å²) in [7, 11) is -3.79. The summed E-state index contributed by atoms with van der Waals surface area (Å²) >= 11 is 11.9. The molecule has 0 bridgehead atoms. The average molecular weight is 440 g/mol. The number of anilines is 1. The largest absolute Gasteiger partial charge is 0.361 e. The van der Waals surface area contributed by atoms with Crippen LogP contribution < -0.4 is 4.72 Å². The van der Waals surface area contributed by atoms with E-state index in [1.165, 1.54) is 23.8 Å². The van der Waals surface area contributed by atoms with E-state index in [-0.39, 0.29) is 14.9 Å². The monoisotopic (exact) mass is 439 g/mol. The molecule has 0 atom stereocenters. The SMILES string of the molecule is CCN(CC)CCc1c[nH]c2cc(NS(=O)(=O)c3cc(Cl)cc(Cl)c3)ccc12. The molecular weight excluding hydrogens is 417 g/mol. The number of benzene rings is 2. The van der Waals surface area contributed by atoms with Crippen LogP contribution in [0.15, 0.2) is 47.5 Å². The summed E-state index contributed by atoms with van der Waals surface area (Å²) < 4.78 is 27.9. The number of rotatable bonds is 8. The van der Waals surface area contributed by atoms with Crippen LogP contribution in [0.1, 0.15) is 19.4 Å². The third kappa shape index (κ3) is 4.81. The van der Waals surface area contributed by atoms with Crippen LogP contribution in [0.3, 0.4) is 0 Å². The van der Waals surface area contributed by atoms with Gasteiger partial charge in [0.05, 0.1) is 10.6 Å². The molecule has 8 heteroatoms. The summed E-state index contributed by atoms with van der Waals surface area (Å²) in [5, 5.41) is 1.64. The van der Waals surface area contributed by atoms with Crippen LogP contribution in [-0.2, 0) is 16.4 Å². The van der Waals surface area contributed by atoms with E-state index in [1.807, 2.05) is 12.3 Å². The van der Waals surface area contributed by atoms with Gasteiger partial charge in [-0.15, -0.1) is 0 Å². The molecule has 28 heavy (non-hydrogen) atoms. The van der Waals surface area contributed by atoms with Crippen molar-refractivity contribution in [2.75, 3.05) is 24.4 Å². The molecule has 0 spiro atoms. The average Bonchev–Trinajstić information content (AvgIpc) is 3.04. The molecule has 0 saturated carbocycles. The normalized spacial score (nSPS) is 12.0. The summed E-state index contributed by atoms with van der Waals surface area (Å²) in [6.45, 7) is 7.36. The first-order valence-electron chi connectivity index (χ1n) is 9.13. The minimum atomic E-state index is -3.79. The number of sulfonamides is 1. The van der Waals surface area contributed by atoms with Crippen LogP contribution in [0.4, 0.5) is 5.69 Å². The predicted molar refractivity (Wildman–Crippen MR) is 117 cm³/mol. The van der Waals surface area contributed by atoms with E-state index in [0.29, 0.717) is 5.69 Å². The summed E-state index contributed by atoms with van der Waals surface area (Å²) in [4.78, 5) is 5.63. The highest BCUT2D eigenvalue weighted by Gasteiger charge is 2.16. The maximum Gasteiger partial charge on any atom is 0.261 e. The Morgan fingerprint density at radius 3 is 2.36 bits per heavy atom. The predicted octanol–water partition coefficient (Wildman–Crippen LogP) is 5.16.